The maximum atomic E-state index is 14.0. The van der Waals surface area contributed by atoms with E-state index in [0.717, 1.165) is 54.0 Å². The molecule has 1 aromatic heterocycles. The first-order chi connectivity index (χ1) is 17.0. The number of aromatic nitrogens is 1. The number of hydrogen-bond donors (Lipinski definition) is 3. The van der Waals surface area contributed by atoms with Gasteiger partial charge in [0.25, 0.3) is 0 Å². The Morgan fingerprint density at radius 1 is 1.17 bits per heavy atom. The molecule has 0 bridgehead atoms. The molecular weight excluding hydrogens is 474 g/mol. The molecule has 36 heavy (non-hydrogen) atoms. The summed E-state index contributed by atoms with van der Waals surface area (Å²) in [7, 11) is 0.686. The number of H-pyrrole nitrogens is 1. The Labute approximate surface area is 212 Å². The van der Waals surface area contributed by atoms with Gasteiger partial charge in [0, 0.05) is 66.0 Å². The van der Waals surface area contributed by atoms with Crippen LogP contribution < -0.4 is 10.6 Å². The topological polar surface area (TPSA) is 106 Å². The molecule has 9 heteroatoms. The summed E-state index contributed by atoms with van der Waals surface area (Å²) in [6, 6.07) is 9.44. The molecule has 8 nitrogen and oxygen atoms in total. The SMILES string of the molecule is C=S(=O)(c1cc2c(cc1N1CCN(CCO)CC1)C(C)(C)c1[nH]c3cc(N)ccc3c1C2=O)N(C)C. The smallest absolute Gasteiger partial charge is 0.195 e. The van der Waals surface area contributed by atoms with Crippen molar-refractivity contribution in [3.05, 3.63) is 52.7 Å². The lowest BCUT2D eigenvalue weighted by Crippen LogP contribution is -2.48. The standard InChI is InChI=1S/C27H35N5O3S/c1-27(2)20-16-22(32-10-8-31(9-11-32)12-13-33)23(36(5,35)30(3)4)15-19(20)25(34)24-18-7-6-17(28)14-21(18)29-26(24)27/h6-7,14-16,29,33H,5,8-13,28H2,1-4H3. The van der Waals surface area contributed by atoms with E-state index in [1.165, 1.54) is 0 Å². The predicted octanol–water partition coefficient (Wildman–Crippen LogP) is 2.29. The van der Waals surface area contributed by atoms with E-state index in [4.69, 9.17) is 5.73 Å². The molecule has 1 aliphatic heterocycles. The van der Waals surface area contributed by atoms with Crippen LogP contribution >= 0.6 is 0 Å². The number of hydrogen-bond acceptors (Lipinski definition) is 6. The number of fused-ring (bicyclic) bond motifs is 4. The van der Waals surface area contributed by atoms with Gasteiger partial charge in [0.2, 0.25) is 0 Å². The van der Waals surface area contributed by atoms with Crippen molar-refractivity contribution in [3.8, 4) is 0 Å². The van der Waals surface area contributed by atoms with Crippen LogP contribution in [0.2, 0.25) is 0 Å². The van der Waals surface area contributed by atoms with Gasteiger partial charge >= 0.3 is 0 Å². The lowest BCUT2D eigenvalue weighted by atomic mass is 9.71. The van der Waals surface area contributed by atoms with E-state index in [1.54, 1.807) is 18.4 Å². The number of nitrogens with one attached hydrogen (secondary N) is 1. The Morgan fingerprint density at radius 3 is 2.50 bits per heavy atom. The van der Waals surface area contributed by atoms with E-state index in [1.807, 2.05) is 24.3 Å². The molecule has 1 aliphatic carbocycles. The number of carbonyl (C=O) groups is 1. The molecule has 3 aromatic rings. The van der Waals surface area contributed by atoms with Gasteiger partial charge in [-0.2, -0.15) is 0 Å². The molecule has 1 unspecified atom stereocenters. The summed E-state index contributed by atoms with van der Waals surface area (Å²) >= 11 is 0. The lowest BCUT2D eigenvalue weighted by Gasteiger charge is -2.39. The van der Waals surface area contributed by atoms with Gasteiger partial charge in [-0.1, -0.05) is 19.9 Å². The molecule has 192 valence electrons. The zero-order valence-corrected chi connectivity index (χ0v) is 22.2. The van der Waals surface area contributed by atoms with Gasteiger partial charge in [0.05, 0.1) is 32.5 Å². The quantitative estimate of drug-likeness (QED) is 0.360. The van der Waals surface area contributed by atoms with E-state index in [9.17, 15) is 14.1 Å². The van der Waals surface area contributed by atoms with Crippen molar-refractivity contribution >= 4 is 43.6 Å². The molecule has 4 N–H and O–H groups in total. The van der Waals surface area contributed by atoms with Crippen molar-refractivity contribution < 1.29 is 14.1 Å². The fraction of sp³-hybridized carbons (Fsp3) is 0.407. The number of nitrogens with zero attached hydrogens (tertiary/aromatic N) is 3. The van der Waals surface area contributed by atoms with Crippen molar-refractivity contribution in [1.82, 2.24) is 14.2 Å². The fourth-order valence-electron chi connectivity index (χ4n) is 5.52. The Morgan fingerprint density at radius 2 is 1.86 bits per heavy atom. The van der Waals surface area contributed by atoms with Crippen LogP contribution in [-0.2, 0) is 15.1 Å². The first-order valence-corrected chi connectivity index (χ1v) is 13.9. The second kappa shape index (κ2) is 8.62. The highest BCUT2D eigenvalue weighted by Gasteiger charge is 2.41. The van der Waals surface area contributed by atoms with Crippen LogP contribution in [0.1, 0.15) is 41.0 Å². The van der Waals surface area contributed by atoms with Gasteiger partial charge in [-0.25, -0.2) is 8.51 Å². The number of carbonyl (C=O) groups excluding carboxylic acids is 1. The van der Waals surface area contributed by atoms with Crippen molar-refractivity contribution in [2.75, 3.05) is 64.1 Å². The fourth-order valence-corrected chi connectivity index (χ4v) is 6.73. The Balaban J connectivity index is 1.71. The monoisotopic (exact) mass is 509 g/mol. The number of rotatable bonds is 5. The third-order valence-electron chi connectivity index (χ3n) is 7.75. The Bertz CT molecular complexity index is 1460. The van der Waals surface area contributed by atoms with Gasteiger partial charge in [-0.05, 0) is 49.8 Å². The zero-order valence-electron chi connectivity index (χ0n) is 21.4. The molecular formula is C27H35N5O3S. The van der Waals surface area contributed by atoms with Gasteiger partial charge < -0.3 is 20.7 Å². The molecule has 1 saturated heterocycles. The number of piperazine rings is 1. The van der Waals surface area contributed by atoms with Crippen LogP contribution in [0, 0.1) is 0 Å². The third kappa shape index (κ3) is 3.73. The van der Waals surface area contributed by atoms with Gasteiger partial charge in [-0.3, -0.25) is 9.69 Å². The number of ketones is 1. The second-order valence-electron chi connectivity index (χ2n) is 10.5. The number of nitrogens with two attached hydrogens (primary N) is 1. The molecule has 2 aromatic carbocycles. The first-order valence-electron chi connectivity index (χ1n) is 12.2. The van der Waals surface area contributed by atoms with Crippen molar-refractivity contribution in [3.63, 3.8) is 0 Å². The van der Waals surface area contributed by atoms with Gasteiger partial charge in [0.1, 0.15) is 0 Å². The Hall–Kier alpha value is -2.85. The van der Waals surface area contributed by atoms with Crippen LogP contribution in [-0.4, -0.2) is 88.6 Å². The summed E-state index contributed by atoms with van der Waals surface area (Å²) in [5.74, 6) is 4.02. The largest absolute Gasteiger partial charge is 0.399 e. The molecule has 2 heterocycles. The minimum Gasteiger partial charge on any atom is -0.399 e. The molecule has 0 amide bonds. The van der Waals surface area contributed by atoms with Gasteiger partial charge in [-0.15, -0.1) is 0 Å². The molecule has 1 atom stereocenters. The number of aromatic amines is 1. The summed E-state index contributed by atoms with van der Waals surface area (Å²) < 4.78 is 15.6. The number of β-amino-alcohol motifs (C(OH)–C–C–N with tert-alkyl or cyclic N) is 1. The summed E-state index contributed by atoms with van der Waals surface area (Å²) in [6.45, 7) is 8.08. The molecule has 5 rings (SSSR count). The number of aliphatic hydroxyl groups excluding tert-OH is 1. The van der Waals surface area contributed by atoms with E-state index in [-0.39, 0.29) is 12.4 Å². The maximum absolute atomic E-state index is 14.0. The Kier molecular flexibility index (Phi) is 5.95. The number of benzene rings is 2. The van der Waals surface area contributed by atoms with Crippen LogP contribution in [0.25, 0.3) is 10.9 Å². The minimum absolute atomic E-state index is 0.0788. The average Bonchev–Trinajstić information content (AvgIpc) is 3.22. The molecule has 2 aliphatic rings. The lowest BCUT2D eigenvalue weighted by molar-refractivity contribution is 0.103. The summed E-state index contributed by atoms with van der Waals surface area (Å²) in [5.41, 5.74) is 10.9. The van der Waals surface area contributed by atoms with E-state index >= 15 is 0 Å². The first kappa shape index (κ1) is 24.8. The van der Waals surface area contributed by atoms with E-state index in [2.05, 4.69) is 40.6 Å². The average molecular weight is 510 g/mol. The third-order valence-corrected chi connectivity index (χ3v) is 9.95. The highest BCUT2D eigenvalue weighted by molar-refractivity contribution is 7.98. The molecule has 0 radical (unpaired) electrons. The van der Waals surface area contributed by atoms with E-state index < -0.39 is 15.1 Å². The van der Waals surface area contributed by atoms with Gasteiger partial charge in [0.15, 0.2) is 5.78 Å². The summed E-state index contributed by atoms with van der Waals surface area (Å²) in [4.78, 5) is 22.5. The normalized spacial score (nSPS) is 19.4. The highest BCUT2D eigenvalue weighted by atomic mass is 32.2. The second-order valence-corrected chi connectivity index (χ2v) is 13.0. The van der Waals surface area contributed by atoms with Crippen LogP contribution in [0.4, 0.5) is 11.4 Å². The summed E-state index contributed by atoms with van der Waals surface area (Å²) in [5, 5.41) is 10.2. The van der Waals surface area contributed by atoms with Crippen molar-refractivity contribution in [2.45, 2.75) is 24.2 Å². The zero-order chi connectivity index (χ0) is 26.0. The minimum atomic E-state index is -2.83. The number of nitrogen functional groups attached to an aromatic ring is 1. The maximum Gasteiger partial charge on any atom is 0.195 e. The molecule has 1 fully saturated rings. The van der Waals surface area contributed by atoms with Crippen LogP contribution in [0.5, 0.6) is 0 Å². The van der Waals surface area contributed by atoms with Crippen LogP contribution in [0.15, 0.2) is 35.2 Å². The van der Waals surface area contributed by atoms with E-state index in [0.29, 0.717) is 28.3 Å². The summed E-state index contributed by atoms with van der Waals surface area (Å²) in [6.07, 6.45) is 0. The van der Waals surface area contributed by atoms with Crippen molar-refractivity contribution in [2.24, 2.45) is 0 Å². The number of anilines is 2. The highest BCUT2D eigenvalue weighted by Crippen LogP contribution is 2.46. The molecule has 0 spiro atoms. The predicted molar refractivity (Wildman–Crippen MR) is 148 cm³/mol. The van der Waals surface area contributed by atoms with Crippen molar-refractivity contribution in [1.29, 1.82) is 0 Å². The molecule has 0 saturated carbocycles. The number of aliphatic hydroxyl groups is 1. The van der Waals surface area contributed by atoms with Crippen LogP contribution in [0.3, 0.4) is 0 Å².